The van der Waals surface area contributed by atoms with Gasteiger partial charge in [-0.1, -0.05) is 18.2 Å². The third kappa shape index (κ3) is 5.55. The van der Waals surface area contributed by atoms with Crippen LogP contribution >= 0.6 is 22.6 Å². The molecule has 136 valence electrons. The number of halogens is 1. The molecule has 2 amide bonds. The van der Waals surface area contributed by atoms with Crippen molar-refractivity contribution in [3.8, 4) is 0 Å². The zero-order chi connectivity index (χ0) is 19.1. The zero-order valence-corrected chi connectivity index (χ0v) is 16.6. The second-order valence-corrected chi connectivity index (χ2v) is 6.77. The van der Waals surface area contributed by atoms with E-state index in [9.17, 15) is 14.4 Å². The van der Waals surface area contributed by atoms with E-state index in [1.807, 2.05) is 24.3 Å². The van der Waals surface area contributed by atoms with E-state index < -0.39 is 12.0 Å². The van der Waals surface area contributed by atoms with Gasteiger partial charge in [-0.25, -0.2) is 4.79 Å². The molecule has 6 nitrogen and oxygen atoms in total. The summed E-state index contributed by atoms with van der Waals surface area (Å²) in [6.07, 6.45) is 0.335. The van der Waals surface area contributed by atoms with Gasteiger partial charge in [0.15, 0.2) is 0 Å². The summed E-state index contributed by atoms with van der Waals surface area (Å²) in [7, 11) is 1.29. The third-order valence-electron chi connectivity index (χ3n) is 3.64. The number of esters is 1. The number of rotatable bonds is 6. The summed E-state index contributed by atoms with van der Waals surface area (Å²) < 4.78 is 5.83. The number of amides is 2. The summed E-state index contributed by atoms with van der Waals surface area (Å²) >= 11 is 2.19. The maximum atomic E-state index is 12.5. The van der Waals surface area contributed by atoms with Gasteiger partial charge in [0.1, 0.15) is 6.04 Å². The van der Waals surface area contributed by atoms with Crippen molar-refractivity contribution in [3.05, 3.63) is 63.2 Å². The van der Waals surface area contributed by atoms with Gasteiger partial charge in [-0.05, 0) is 58.5 Å². The molecule has 0 aliphatic rings. The van der Waals surface area contributed by atoms with E-state index >= 15 is 0 Å². The fourth-order valence-electron chi connectivity index (χ4n) is 2.37. The lowest BCUT2D eigenvalue weighted by molar-refractivity contribution is -0.142. The summed E-state index contributed by atoms with van der Waals surface area (Å²) in [6, 6.07) is 13.3. The van der Waals surface area contributed by atoms with Gasteiger partial charge in [0.2, 0.25) is 5.91 Å². The molecule has 0 bridgehead atoms. The molecule has 0 spiro atoms. The minimum atomic E-state index is -0.793. The number of nitrogens with one attached hydrogen (secondary N) is 2. The van der Waals surface area contributed by atoms with Crippen molar-refractivity contribution in [2.24, 2.45) is 0 Å². The Morgan fingerprint density at radius 3 is 2.31 bits per heavy atom. The Hall–Kier alpha value is -2.42. The van der Waals surface area contributed by atoms with Crippen LogP contribution in [0.5, 0.6) is 0 Å². The van der Waals surface area contributed by atoms with Crippen LogP contribution in [0.15, 0.2) is 48.5 Å². The molecule has 0 radical (unpaired) electrons. The molecule has 2 rings (SSSR count). The molecular formula is C19H19IN2O4. The molecule has 0 heterocycles. The van der Waals surface area contributed by atoms with Crippen LogP contribution in [0.25, 0.3) is 0 Å². The van der Waals surface area contributed by atoms with Crippen LogP contribution in [0.1, 0.15) is 22.8 Å². The molecule has 1 atom stereocenters. The molecule has 0 saturated carbocycles. The van der Waals surface area contributed by atoms with Gasteiger partial charge in [0.25, 0.3) is 5.91 Å². The highest BCUT2D eigenvalue weighted by Crippen LogP contribution is 2.15. The first-order valence-electron chi connectivity index (χ1n) is 7.90. The van der Waals surface area contributed by atoms with E-state index in [0.29, 0.717) is 17.7 Å². The molecule has 0 aromatic heterocycles. The Morgan fingerprint density at radius 1 is 1.08 bits per heavy atom. The van der Waals surface area contributed by atoms with Crippen LogP contribution in [0.2, 0.25) is 0 Å². The maximum absolute atomic E-state index is 12.5. The SMILES string of the molecule is COC(=O)[C@H](Cc1ccccc1I)NC(=O)c1ccc(NC(C)=O)cc1. The van der Waals surface area contributed by atoms with Crippen molar-refractivity contribution < 1.29 is 19.1 Å². The number of carbonyl (C=O) groups excluding carboxylic acids is 3. The second kappa shape index (κ2) is 9.33. The summed E-state index contributed by atoms with van der Waals surface area (Å²) in [5.41, 5.74) is 1.93. The summed E-state index contributed by atoms with van der Waals surface area (Å²) in [5.74, 6) is -1.08. The Balaban J connectivity index is 2.12. The van der Waals surface area contributed by atoms with Gasteiger partial charge < -0.3 is 15.4 Å². The number of hydrogen-bond acceptors (Lipinski definition) is 4. The van der Waals surface area contributed by atoms with Gasteiger partial charge in [-0.3, -0.25) is 9.59 Å². The molecule has 2 aromatic rings. The minimum absolute atomic E-state index is 0.189. The molecule has 7 heteroatoms. The van der Waals surface area contributed by atoms with Crippen molar-refractivity contribution in [1.29, 1.82) is 0 Å². The largest absolute Gasteiger partial charge is 0.467 e. The highest BCUT2D eigenvalue weighted by Gasteiger charge is 2.23. The fourth-order valence-corrected chi connectivity index (χ4v) is 2.98. The fraction of sp³-hybridized carbons (Fsp3) is 0.211. The normalized spacial score (nSPS) is 11.3. The van der Waals surface area contributed by atoms with Crippen molar-refractivity contribution in [2.45, 2.75) is 19.4 Å². The van der Waals surface area contributed by atoms with Crippen LogP contribution in [0, 0.1) is 3.57 Å². The standard InChI is InChI=1S/C19H19IN2O4/c1-12(23)21-15-9-7-13(8-10-15)18(24)22-17(19(25)26-2)11-14-5-3-4-6-16(14)20/h3-10,17H,11H2,1-2H3,(H,21,23)(H,22,24)/t17-/m0/s1. The average molecular weight is 466 g/mol. The molecule has 0 aliphatic carbocycles. The molecule has 0 aliphatic heterocycles. The Kier molecular flexibility index (Phi) is 7.14. The molecule has 2 aromatic carbocycles. The van der Waals surface area contributed by atoms with Crippen molar-refractivity contribution in [1.82, 2.24) is 5.32 Å². The van der Waals surface area contributed by atoms with Gasteiger partial charge in [-0.2, -0.15) is 0 Å². The molecule has 2 N–H and O–H groups in total. The quantitative estimate of drug-likeness (QED) is 0.507. The van der Waals surface area contributed by atoms with Gasteiger partial charge >= 0.3 is 5.97 Å². The third-order valence-corrected chi connectivity index (χ3v) is 4.69. The summed E-state index contributed by atoms with van der Waals surface area (Å²) in [6.45, 7) is 1.41. The predicted octanol–water partition coefficient (Wildman–Crippen LogP) is 2.76. The number of benzene rings is 2. The minimum Gasteiger partial charge on any atom is -0.467 e. The smallest absolute Gasteiger partial charge is 0.328 e. The van der Waals surface area contributed by atoms with Crippen LogP contribution in [0.3, 0.4) is 0 Å². The van der Waals surface area contributed by atoms with Crippen molar-refractivity contribution in [3.63, 3.8) is 0 Å². The molecule has 0 unspecified atom stereocenters. The lowest BCUT2D eigenvalue weighted by Gasteiger charge is -2.17. The van der Waals surface area contributed by atoms with Crippen LogP contribution in [0.4, 0.5) is 5.69 Å². The predicted molar refractivity (Wildman–Crippen MR) is 107 cm³/mol. The van der Waals surface area contributed by atoms with Crippen LogP contribution in [-0.2, 0) is 20.7 Å². The van der Waals surface area contributed by atoms with Gasteiger partial charge in [0.05, 0.1) is 7.11 Å². The van der Waals surface area contributed by atoms with Gasteiger partial charge in [0, 0.05) is 28.2 Å². The zero-order valence-electron chi connectivity index (χ0n) is 14.4. The van der Waals surface area contributed by atoms with Gasteiger partial charge in [-0.15, -0.1) is 0 Å². The van der Waals surface area contributed by atoms with Crippen LogP contribution in [-0.4, -0.2) is 30.9 Å². The number of methoxy groups -OCH3 is 1. The first-order chi connectivity index (χ1) is 12.4. The van der Waals surface area contributed by atoms with E-state index in [4.69, 9.17) is 4.74 Å². The number of anilines is 1. The van der Waals surface area contributed by atoms with E-state index in [-0.39, 0.29) is 11.8 Å². The molecule has 26 heavy (non-hydrogen) atoms. The highest BCUT2D eigenvalue weighted by molar-refractivity contribution is 14.1. The molecular weight excluding hydrogens is 447 g/mol. The number of ether oxygens (including phenoxy) is 1. The van der Waals surface area contributed by atoms with E-state index in [2.05, 4.69) is 33.2 Å². The summed E-state index contributed by atoms with van der Waals surface area (Å²) in [5, 5.41) is 5.35. The Bertz CT molecular complexity index is 805. The number of carbonyl (C=O) groups is 3. The lowest BCUT2D eigenvalue weighted by Crippen LogP contribution is -2.43. The van der Waals surface area contributed by atoms with Crippen molar-refractivity contribution in [2.75, 3.05) is 12.4 Å². The molecule has 0 saturated heterocycles. The van der Waals surface area contributed by atoms with E-state index in [0.717, 1.165) is 9.13 Å². The monoisotopic (exact) mass is 466 g/mol. The average Bonchev–Trinajstić information content (AvgIpc) is 2.62. The number of hydrogen-bond donors (Lipinski definition) is 2. The Morgan fingerprint density at radius 2 is 1.73 bits per heavy atom. The first kappa shape index (κ1) is 19.9. The maximum Gasteiger partial charge on any atom is 0.328 e. The molecule has 0 fully saturated rings. The van der Waals surface area contributed by atoms with E-state index in [1.165, 1.54) is 14.0 Å². The second-order valence-electron chi connectivity index (χ2n) is 5.60. The Labute approximate surface area is 165 Å². The van der Waals surface area contributed by atoms with Crippen molar-refractivity contribution >= 4 is 46.1 Å². The topological polar surface area (TPSA) is 84.5 Å². The highest BCUT2D eigenvalue weighted by atomic mass is 127. The first-order valence-corrected chi connectivity index (χ1v) is 8.98. The lowest BCUT2D eigenvalue weighted by atomic mass is 10.1. The summed E-state index contributed by atoms with van der Waals surface area (Å²) in [4.78, 5) is 35.6. The van der Waals surface area contributed by atoms with Crippen LogP contribution < -0.4 is 10.6 Å². The van der Waals surface area contributed by atoms with E-state index in [1.54, 1.807) is 24.3 Å².